The van der Waals surface area contributed by atoms with Crippen LogP contribution in [-0.2, 0) is 6.42 Å². The third-order valence-corrected chi connectivity index (χ3v) is 5.33. The maximum Gasteiger partial charge on any atom is 0.413 e. The van der Waals surface area contributed by atoms with Gasteiger partial charge < -0.3 is 24.5 Å². The molecule has 2 N–H and O–H groups in total. The molecule has 0 spiro atoms. The van der Waals surface area contributed by atoms with Crippen molar-refractivity contribution in [1.29, 1.82) is 0 Å². The van der Waals surface area contributed by atoms with Gasteiger partial charge in [-0.15, -0.1) is 0 Å². The number of nitrogens with one attached hydrogen (secondary N) is 2. The first-order chi connectivity index (χ1) is 17.2. The minimum absolute atomic E-state index is 0.0123. The summed E-state index contributed by atoms with van der Waals surface area (Å²) in [4.78, 5) is 37.7. The van der Waals surface area contributed by atoms with Gasteiger partial charge in [0.2, 0.25) is 5.75 Å². The maximum absolute atomic E-state index is 13.0. The van der Waals surface area contributed by atoms with Crippen molar-refractivity contribution >= 4 is 23.2 Å². The number of fused-ring (bicyclic) bond motifs is 1. The van der Waals surface area contributed by atoms with Gasteiger partial charge in [0.15, 0.2) is 16.8 Å². The van der Waals surface area contributed by atoms with E-state index in [1.165, 1.54) is 30.2 Å². The average Bonchev–Trinajstić information content (AvgIpc) is 2.80. The first-order valence-electron chi connectivity index (χ1n) is 12.3. The molecule has 1 aromatic heterocycles. The summed E-state index contributed by atoms with van der Waals surface area (Å²) >= 11 is 0. The van der Waals surface area contributed by atoms with E-state index in [1.807, 2.05) is 24.3 Å². The Labute approximate surface area is 211 Å². The number of hydrogen-bond donors (Lipinski definition) is 2. The normalized spacial score (nSPS) is 11.1. The Kier molecular flexibility index (Phi) is 9.11. The molecule has 0 bridgehead atoms. The van der Waals surface area contributed by atoms with Crippen molar-refractivity contribution in [2.45, 2.75) is 72.4 Å². The van der Waals surface area contributed by atoms with E-state index >= 15 is 0 Å². The Balaban J connectivity index is 2.05. The topological polar surface area (TPSA) is 107 Å². The fourth-order valence-electron chi connectivity index (χ4n) is 3.63. The van der Waals surface area contributed by atoms with Crippen molar-refractivity contribution in [3.63, 3.8) is 0 Å². The molecule has 8 heteroatoms. The number of carbonyl (C=O) groups excluding carboxylic acids is 2. The molecular weight excluding hydrogens is 460 g/mol. The lowest BCUT2D eigenvalue weighted by atomic mass is 10.0. The summed E-state index contributed by atoms with van der Waals surface area (Å²) in [5.41, 5.74) is 1.61. The van der Waals surface area contributed by atoms with Crippen LogP contribution in [0.2, 0.25) is 0 Å². The van der Waals surface area contributed by atoms with E-state index < -0.39 is 12.2 Å². The molecule has 8 nitrogen and oxygen atoms in total. The SMILES string of the molecule is CCCCCc1ccc(-c2cc(=O)c3ccc(OC(=O)NC(C)C)c(OC(=O)NC(C)C)c3o2)cc1. The highest BCUT2D eigenvalue weighted by molar-refractivity contribution is 5.90. The number of rotatable bonds is 9. The minimum atomic E-state index is -0.767. The molecule has 0 unspecified atom stereocenters. The Morgan fingerprint density at radius 1 is 0.889 bits per heavy atom. The van der Waals surface area contributed by atoms with E-state index in [1.54, 1.807) is 27.7 Å². The number of carbonyl (C=O) groups is 2. The molecule has 0 saturated carbocycles. The van der Waals surface area contributed by atoms with Gasteiger partial charge in [-0.05, 0) is 58.2 Å². The zero-order chi connectivity index (χ0) is 26.2. The smallest absolute Gasteiger partial charge is 0.413 e. The summed E-state index contributed by atoms with van der Waals surface area (Å²) in [6, 6.07) is 11.7. The monoisotopic (exact) mass is 494 g/mol. The van der Waals surface area contributed by atoms with Crippen molar-refractivity contribution in [2.75, 3.05) is 0 Å². The van der Waals surface area contributed by atoms with Crippen molar-refractivity contribution in [3.05, 3.63) is 58.3 Å². The molecule has 3 rings (SSSR count). The van der Waals surface area contributed by atoms with Crippen molar-refractivity contribution in [1.82, 2.24) is 10.6 Å². The Morgan fingerprint density at radius 3 is 2.14 bits per heavy atom. The van der Waals surface area contributed by atoms with Crippen LogP contribution >= 0.6 is 0 Å². The lowest BCUT2D eigenvalue weighted by molar-refractivity contribution is 0.187. The molecule has 0 saturated heterocycles. The van der Waals surface area contributed by atoms with Crippen LogP contribution < -0.4 is 25.5 Å². The third-order valence-electron chi connectivity index (χ3n) is 5.33. The van der Waals surface area contributed by atoms with E-state index in [0.717, 1.165) is 19.3 Å². The summed E-state index contributed by atoms with van der Waals surface area (Å²) in [5.74, 6) is 0.108. The van der Waals surface area contributed by atoms with Crippen LogP contribution in [0.5, 0.6) is 11.5 Å². The van der Waals surface area contributed by atoms with Crippen LogP contribution in [0.25, 0.3) is 22.3 Å². The van der Waals surface area contributed by atoms with Gasteiger partial charge in [-0.1, -0.05) is 44.0 Å². The Hall–Kier alpha value is -3.81. The molecule has 1 heterocycles. The van der Waals surface area contributed by atoms with E-state index in [4.69, 9.17) is 13.9 Å². The fraction of sp³-hybridized carbons (Fsp3) is 0.393. The van der Waals surface area contributed by atoms with Crippen LogP contribution in [-0.4, -0.2) is 24.3 Å². The van der Waals surface area contributed by atoms with E-state index in [-0.39, 0.29) is 40.0 Å². The fourth-order valence-corrected chi connectivity index (χ4v) is 3.63. The maximum atomic E-state index is 13.0. The molecule has 0 fully saturated rings. The van der Waals surface area contributed by atoms with Crippen molar-refractivity contribution < 1.29 is 23.5 Å². The molecule has 36 heavy (non-hydrogen) atoms. The van der Waals surface area contributed by atoms with Crippen LogP contribution in [0.3, 0.4) is 0 Å². The van der Waals surface area contributed by atoms with Gasteiger partial charge in [0.05, 0.1) is 5.39 Å². The zero-order valence-corrected chi connectivity index (χ0v) is 21.5. The van der Waals surface area contributed by atoms with Gasteiger partial charge in [-0.2, -0.15) is 0 Å². The van der Waals surface area contributed by atoms with Crippen molar-refractivity contribution in [2.24, 2.45) is 0 Å². The molecule has 0 radical (unpaired) electrons. The number of aryl methyl sites for hydroxylation is 1. The number of hydrogen-bond acceptors (Lipinski definition) is 6. The van der Waals surface area contributed by atoms with Gasteiger partial charge in [-0.25, -0.2) is 9.59 Å². The number of amides is 2. The lowest BCUT2D eigenvalue weighted by Gasteiger charge is -2.15. The number of benzene rings is 2. The quantitative estimate of drug-likeness (QED) is 0.344. The molecule has 0 aliphatic carbocycles. The average molecular weight is 495 g/mol. The molecule has 0 aliphatic heterocycles. The van der Waals surface area contributed by atoms with Gasteiger partial charge in [-0.3, -0.25) is 4.79 Å². The number of ether oxygens (including phenoxy) is 2. The lowest BCUT2D eigenvalue weighted by Crippen LogP contribution is -2.34. The predicted octanol–water partition coefficient (Wildman–Crippen LogP) is 6.19. The van der Waals surface area contributed by atoms with E-state index in [9.17, 15) is 14.4 Å². The Bertz CT molecular complexity index is 1260. The van der Waals surface area contributed by atoms with Gasteiger partial charge >= 0.3 is 12.2 Å². The standard InChI is InChI=1S/C28H34N2O6/c1-6-7-8-9-19-10-12-20(13-11-19)24-16-22(31)21-14-15-23(35-27(32)29-17(2)3)26(25(21)34-24)36-28(33)30-18(4)5/h10-18H,6-9H2,1-5H3,(H,29,32)(H,30,33). The third kappa shape index (κ3) is 7.10. The van der Waals surface area contributed by atoms with E-state index in [2.05, 4.69) is 17.6 Å². The molecule has 3 aromatic rings. The van der Waals surface area contributed by atoms with Gasteiger partial charge in [0, 0.05) is 23.7 Å². The second-order valence-electron chi connectivity index (χ2n) is 9.28. The zero-order valence-electron chi connectivity index (χ0n) is 21.5. The molecule has 0 atom stereocenters. The van der Waals surface area contributed by atoms with Gasteiger partial charge in [0.25, 0.3) is 0 Å². The highest BCUT2D eigenvalue weighted by Gasteiger charge is 2.22. The van der Waals surface area contributed by atoms with Crippen LogP contribution in [0.1, 0.15) is 59.4 Å². The highest BCUT2D eigenvalue weighted by Crippen LogP contribution is 2.37. The second-order valence-corrected chi connectivity index (χ2v) is 9.28. The summed E-state index contributed by atoms with van der Waals surface area (Å²) in [5, 5.41) is 5.43. The van der Waals surface area contributed by atoms with Crippen LogP contribution in [0.4, 0.5) is 9.59 Å². The van der Waals surface area contributed by atoms with E-state index in [0.29, 0.717) is 11.3 Å². The van der Waals surface area contributed by atoms with Crippen LogP contribution in [0, 0.1) is 0 Å². The van der Waals surface area contributed by atoms with Gasteiger partial charge in [0.1, 0.15) is 5.76 Å². The number of unbranched alkanes of at least 4 members (excludes halogenated alkanes) is 2. The second kappa shape index (κ2) is 12.2. The van der Waals surface area contributed by atoms with Crippen LogP contribution in [0.15, 0.2) is 51.7 Å². The molecule has 2 amide bonds. The molecular formula is C28H34N2O6. The summed E-state index contributed by atoms with van der Waals surface area (Å²) in [6.07, 6.45) is 2.94. The minimum Gasteiger partial charge on any atom is -0.452 e. The molecule has 2 aromatic carbocycles. The first-order valence-corrected chi connectivity index (χ1v) is 12.3. The summed E-state index contributed by atoms with van der Waals surface area (Å²) in [6.45, 7) is 9.30. The molecule has 192 valence electrons. The first kappa shape index (κ1) is 26.8. The molecule has 0 aliphatic rings. The largest absolute Gasteiger partial charge is 0.452 e. The highest BCUT2D eigenvalue weighted by atomic mass is 16.6. The summed E-state index contributed by atoms with van der Waals surface area (Å²) < 4.78 is 17.0. The van der Waals surface area contributed by atoms with Crippen molar-refractivity contribution in [3.8, 4) is 22.8 Å². The summed E-state index contributed by atoms with van der Waals surface area (Å²) in [7, 11) is 0. The predicted molar refractivity (Wildman–Crippen MR) is 140 cm³/mol. The Morgan fingerprint density at radius 2 is 1.53 bits per heavy atom.